The highest BCUT2D eigenvalue weighted by Crippen LogP contribution is 2.48. The number of benzene rings is 1. The van der Waals surface area contributed by atoms with Gasteiger partial charge >= 0.3 is 5.97 Å². The van der Waals surface area contributed by atoms with Gasteiger partial charge in [-0.25, -0.2) is 0 Å². The van der Waals surface area contributed by atoms with Crippen LogP contribution < -0.4 is 15.2 Å². The molecule has 2 N–H and O–H groups in total. The Morgan fingerprint density at radius 1 is 1.19 bits per heavy atom. The number of rotatable bonds is 7. The Kier molecular flexibility index (Phi) is 7.21. The van der Waals surface area contributed by atoms with Crippen LogP contribution in [0.1, 0.15) is 64.6 Å². The molecule has 1 fully saturated rings. The maximum atomic E-state index is 12.9. The number of ether oxygens (including phenoxy) is 3. The highest BCUT2D eigenvalue weighted by Gasteiger charge is 2.49. The fraction of sp³-hybridized carbons (Fsp3) is 0.720. The molecule has 0 aliphatic carbocycles. The molecule has 0 aromatic heterocycles. The average molecular weight is 433 g/mol. The Labute approximate surface area is 187 Å². The van der Waals surface area contributed by atoms with Gasteiger partial charge in [-0.3, -0.25) is 9.69 Å². The van der Waals surface area contributed by atoms with Crippen molar-refractivity contribution in [3.63, 3.8) is 0 Å². The Bertz CT molecular complexity index is 794. The fourth-order valence-electron chi connectivity index (χ4n) is 5.15. The van der Waals surface area contributed by atoms with Gasteiger partial charge in [0.05, 0.1) is 14.2 Å². The number of carbonyl (C=O) groups is 1. The molecular weight excluding hydrogens is 392 g/mol. The summed E-state index contributed by atoms with van der Waals surface area (Å²) in [6.45, 7) is 12.4. The van der Waals surface area contributed by atoms with Crippen molar-refractivity contribution >= 4 is 5.97 Å². The summed E-state index contributed by atoms with van der Waals surface area (Å²) < 4.78 is 17.3. The molecule has 31 heavy (non-hydrogen) atoms. The largest absolute Gasteiger partial charge is 0.493 e. The maximum Gasteiger partial charge on any atom is 0.323 e. The minimum absolute atomic E-state index is 0.0480. The molecule has 6 nitrogen and oxygen atoms in total. The summed E-state index contributed by atoms with van der Waals surface area (Å²) in [5.41, 5.74) is 8.12. The average Bonchev–Trinajstić information content (AvgIpc) is 2.72. The van der Waals surface area contributed by atoms with Gasteiger partial charge < -0.3 is 19.9 Å². The lowest BCUT2D eigenvalue weighted by Gasteiger charge is -2.52. The van der Waals surface area contributed by atoms with Crippen LogP contribution in [0.2, 0.25) is 0 Å². The second-order valence-electron chi connectivity index (χ2n) is 10.2. The van der Waals surface area contributed by atoms with Crippen LogP contribution in [0.25, 0.3) is 0 Å². The first-order valence-electron chi connectivity index (χ1n) is 11.6. The van der Waals surface area contributed by atoms with E-state index in [9.17, 15) is 4.79 Å². The molecule has 0 amide bonds. The molecule has 2 aliphatic heterocycles. The van der Waals surface area contributed by atoms with Crippen LogP contribution in [0.3, 0.4) is 0 Å². The lowest BCUT2D eigenvalue weighted by Crippen LogP contribution is -2.56. The number of carbonyl (C=O) groups excluding carboxylic acids is 1. The van der Waals surface area contributed by atoms with Crippen molar-refractivity contribution in [2.24, 2.45) is 23.5 Å². The first-order valence-corrected chi connectivity index (χ1v) is 11.6. The maximum absolute atomic E-state index is 12.9. The highest BCUT2D eigenvalue weighted by molar-refractivity contribution is 5.76. The van der Waals surface area contributed by atoms with Gasteiger partial charge in [-0.15, -0.1) is 0 Å². The van der Waals surface area contributed by atoms with Gasteiger partial charge in [0, 0.05) is 31.5 Å². The second kappa shape index (κ2) is 9.37. The Balaban J connectivity index is 1.95. The van der Waals surface area contributed by atoms with E-state index in [1.807, 2.05) is 13.8 Å². The van der Waals surface area contributed by atoms with Crippen LogP contribution in [0.5, 0.6) is 11.5 Å². The Morgan fingerprint density at radius 3 is 2.42 bits per heavy atom. The van der Waals surface area contributed by atoms with Gasteiger partial charge in [0.15, 0.2) is 11.5 Å². The van der Waals surface area contributed by atoms with E-state index in [1.165, 1.54) is 11.1 Å². The number of hydrogen-bond donors (Lipinski definition) is 1. The molecule has 0 bridgehead atoms. The van der Waals surface area contributed by atoms with Gasteiger partial charge in [-0.05, 0) is 54.9 Å². The van der Waals surface area contributed by atoms with Gasteiger partial charge in [-0.2, -0.15) is 0 Å². The summed E-state index contributed by atoms with van der Waals surface area (Å²) >= 11 is 0. The van der Waals surface area contributed by atoms with Crippen LogP contribution in [0, 0.1) is 17.8 Å². The van der Waals surface area contributed by atoms with Crippen LogP contribution in [-0.4, -0.2) is 49.8 Å². The summed E-state index contributed by atoms with van der Waals surface area (Å²) in [7, 11) is 3.34. The third-order valence-electron chi connectivity index (χ3n) is 7.11. The summed E-state index contributed by atoms with van der Waals surface area (Å²) in [6.07, 6.45) is 2.75. The zero-order valence-electron chi connectivity index (χ0n) is 20.2. The van der Waals surface area contributed by atoms with Gasteiger partial charge in [0.25, 0.3) is 0 Å². The molecule has 2 aliphatic rings. The standard InChI is InChI=1S/C25H40N2O4/c1-15(2)10-18-14-27-9-8-17-11-21(29-6)22(30-7)12-19(17)20(27)13-25(18,5)31-24(28)23(26)16(3)4/h11-12,15-16,18,20,23H,8-10,13-14,26H2,1-7H3/t18?,20?,23-,25?/m1/s1. The molecule has 3 unspecified atom stereocenters. The minimum atomic E-state index is -0.599. The Hall–Kier alpha value is -1.79. The molecule has 174 valence electrons. The molecular formula is C25H40N2O4. The highest BCUT2D eigenvalue weighted by atomic mass is 16.6. The van der Waals surface area contributed by atoms with Crippen LogP contribution >= 0.6 is 0 Å². The zero-order chi connectivity index (χ0) is 22.9. The topological polar surface area (TPSA) is 74.0 Å². The molecule has 0 radical (unpaired) electrons. The molecule has 0 saturated carbocycles. The van der Waals surface area contributed by atoms with Crippen molar-refractivity contribution in [2.45, 2.75) is 71.6 Å². The fourth-order valence-corrected chi connectivity index (χ4v) is 5.15. The molecule has 0 spiro atoms. The van der Waals surface area contributed by atoms with Gasteiger partial charge in [0.1, 0.15) is 11.6 Å². The van der Waals surface area contributed by atoms with Crippen LogP contribution in [-0.2, 0) is 16.0 Å². The number of methoxy groups -OCH3 is 2. The number of esters is 1. The first-order chi connectivity index (χ1) is 14.6. The molecule has 1 saturated heterocycles. The lowest BCUT2D eigenvalue weighted by molar-refractivity contribution is -0.179. The second-order valence-corrected chi connectivity index (χ2v) is 10.2. The van der Waals surface area contributed by atoms with Crippen LogP contribution in [0.4, 0.5) is 0 Å². The van der Waals surface area contributed by atoms with Crippen molar-refractivity contribution in [2.75, 3.05) is 27.3 Å². The third-order valence-corrected chi connectivity index (χ3v) is 7.11. The number of hydrogen-bond acceptors (Lipinski definition) is 6. The van der Waals surface area contributed by atoms with Crippen molar-refractivity contribution in [1.82, 2.24) is 4.90 Å². The van der Waals surface area contributed by atoms with E-state index in [4.69, 9.17) is 19.9 Å². The van der Waals surface area contributed by atoms with E-state index >= 15 is 0 Å². The van der Waals surface area contributed by atoms with Crippen molar-refractivity contribution in [3.05, 3.63) is 23.3 Å². The third kappa shape index (κ3) is 4.85. The normalized spacial score (nSPS) is 26.9. The summed E-state index contributed by atoms with van der Waals surface area (Å²) in [6, 6.07) is 3.79. The zero-order valence-corrected chi connectivity index (χ0v) is 20.2. The monoisotopic (exact) mass is 432 g/mol. The summed E-state index contributed by atoms with van der Waals surface area (Å²) in [5, 5.41) is 0. The number of fused-ring (bicyclic) bond motifs is 3. The van der Waals surface area contributed by atoms with E-state index in [0.29, 0.717) is 5.92 Å². The van der Waals surface area contributed by atoms with Crippen molar-refractivity contribution < 1.29 is 19.0 Å². The predicted molar refractivity (Wildman–Crippen MR) is 122 cm³/mol. The number of piperidine rings is 1. The predicted octanol–water partition coefficient (Wildman–Crippen LogP) is 3.95. The SMILES string of the molecule is COc1cc2c(cc1OC)C1CC(C)(OC(=O)[C@H](N)C(C)C)C(CC(C)C)CN1CC2. The minimum Gasteiger partial charge on any atom is -0.493 e. The summed E-state index contributed by atoms with van der Waals surface area (Å²) in [5.74, 6) is 2.07. The number of nitrogens with two attached hydrogens (primary N) is 1. The molecule has 6 heteroatoms. The molecule has 2 heterocycles. The van der Waals surface area contributed by atoms with E-state index < -0.39 is 11.6 Å². The van der Waals surface area contributed by atoms with Crippen molar-refractivity contribution in [3.8, 4) is 11.5 Å². The quantitative estimate of drug-likeness (QED) is 0.658. The van der Waals surface area contributed by atoms with E-state index in [1.54, 1.807) is 14.2 Å². The summed E-state index contributed by atoms with van der Waals surface area (Å²) in [4.78, 5) is 15.4. The lowest BCUT2D eigenvalue weighted by atomic mass is 9.72. The first kappa shape index (κ1) is 23.9. The van der Waals surface area contributed by atoms with Crippen molar-refractivity contribution in [1.29, 1.82) is 0 Å². The smallest absolute Gasteiger partial charge is 0.323 e. The van der Waals surface area contributed by atoms with Crippen LogP contribution in [0.15, 0.2) is 12.1 Å². The number of nitrogens with zero attached hydrogens (tertiary/aromatic N) is 1. The van der Waals surface area contributed by atoms with E-state index in [0.717, 1.165) is 43.9 Å². The molecule has 1 aromatic rings. The van der Waals surface area contributed by atoms with E-state index in [2.05, 4.69) is 37.8 Å². The molecule has 3 rings (SSSR count). The Morgan fingerprint density at radius 2 is 1.84 bits per heavy atom. The van der Waals surface area contributed by atoms with E-state index in [-0.39, 0.29) is 23.8 Å². The van der Waals surface area contributed by atoms with Gasteiger partial charge in [-0.1, -0.05) is 27.7 Å². The molecule has 4 atom stereocenters. The molecule has 1 aromatic carbocycles. The van der Waals surface area contributed by atoms with Gasteiger partial charge in [0.2, 0.25) is 0 Å².